The number of carbonyl (C=O) groups is 1. The van der Waals surface area contributed by atoms with E-state index in [-0.39, 0.29) is 65.3 Å². The van der Waals surface area contributed by atoms with Gasteiger partial charge in [-0.1, -0.05) is 60.1 Å². The zero-order valence-corrected chi connectivity index (χ0v) is 47.8. The predicted octanol–water partition coefficient (Wildman–Crippen LogP) is -1.27. The first kappa shape index (κ1) is 62.4. The molecule has 5 aliphatic heterocycles. The SMILES string of the molecule is C[C@@H]1O[C@H](O[C@H]2CO[C@H](OC(=O)[C@@]34CCC(C)(C)C[C@H]3C3=CC[C@H]5[C@]6(C)CC[C@H](O[C@H]7OC[C@H](O[C@H]8O[C@@H](CO)[C@H](O)[C@@H](O)[C@@H]8O)[C@@H](O)[C@@H]7O)C(C)(C)[C@H]6CC[C@@]5(C)[C@]3(C)CC4)[C@@H](O)[C@@H]2O)[C@@H](O)[C@H](O[C@H]2OC[C@H](O)[C@@H](O)[C@@H]2O)[C@H]1O. The summed E-state index contributed by atoms with van der Waals surface area (Å²) in [6, 6.07) is 0. The minimum atomic E-state index is -1.77. The van der Waals surface area contributed by atoms with E-state index < -0.39 is 159 Å². The lowest BCUT2D eigenvalue weighted by Crippen LogP contribution is -2.66. The smallest absolute Gasteiger partial charge is 0.315 e. The van der Waals surface area contributed by atoms with Gasteiger partial charge in [0.15, 0.2) is 25.2 Å². The molecule has 9 fully saturated rings. The van der Waals surface area contributed by atoms with Gasteiger partial charge in [-0.3, -0.25) is 4.79 Å². The highest BCUT2D eigenvalue weighted by atomic mass is 16.8. The van der Waals surface area contributed by atoms with Crippen LogP contribution < -0.4 is 0 Å². The number of rotatable bonds is 11. The van der Waals surface area contributed by atoms with Crippen LogP contribution in [0.1, 0.15) is 120 Å². The number of ether oxygens (including phenoxy) is 10. The molecule has 10 rings (SSSR count). The van der Waals surface area contributed by atoms with Crippen molar-refractivity contribution in [3.63, 3.8) is 0 Å². The van der Waals surface area contributed by atoms with Crippen molar-refractivity contribution in [2.45, 2.75) is 261 Å². The highest BCUT2D eigenvalue weighted by Gasteiger charge is 2.70. The first-order valence-electron chi connectivity index (χ1n) is 29.4. The lowest BCUT2D eigenvalue weighted by molar-refractivity contribution is -0.362. The molecule has 81 heavy (non-hydrogen) atoms. The maximum Gasteiger partial charge on any atom is 0.315 e. The van der Waals surface area contributed by atoms with Gasteiger partial charge in [0.1, 0.15) is 97.7 Å². The summed E-state index contributed by atoms with van der Waals surface area (Å²) < 4.78 is 58.8. The lowest BCUT2D eigenvalue weighted by Gasteiger charge is -2.71. The molecule has 0 radical (unpaired) electrons. The Morgan fingerprint density at radius 2 is 1.15 bits per heavy atom. The van der Waals surface area contributed by atoms with Crippen LogP contribution in [0.3, 0.4) is 0 Å². The Bertz CT molecular complexity index is 2250. The second-order valence-corrected chi connectivity index (χ2v) is 27.7. The van der Waals surface area contributed by atoms with Crippen LogP contribution in [-0.2, 0) is 52.2 Å². The Morgan fingerprint density at radius 1 is 0.568 bits per heavy atom. The zero-order valence-electron chi connectivity index (χ0n) is 47.8. The molecule has 24 nitrogen and oxygen atoms in total. The maximum absolute atomic E-state index is 15.1. The molecule has 24 heteroatoms. The van der Waals surface area contributed by atoms with E-state index in [4.69, 9.17) is 47.4 Å². The van der Waals surface area contributed by atoms with E-state index in [0.29, 0.717) is 19.3 Å². The molecule has 13 N–H and O–H groups in total. The molecule has 0 amide bonds. The summed E-state index contributed by atoms with van der Waals surface area (Å²) >= 11 is 0. The number of aliphatic hydroxyl groups excluding tert-OH is 13. The Hall–Kier alpha value is -1.67. The molecule has 0 aromatic carbocycles. The van der Waals surface area contributed by atoms with Crippen LogP contribution in [0, 0.1) is 50.2 Å². The second-order valence-electron chi connectivity index (χ2n) is 27.7. The van der Waals surface area contributed by atoms with Crippen molar-refractivity contribution in [2.24, 2.45) is 50.2 Å². The summed E-state index contributed by atoms with van der Waals surface area (Å²) in [7, 11) is 0. The van der Waals surface area contributed by atoms with Gasteiger partial charge in [0.05, 0.1) is 44.1 Å². The van der Waals surface area contributed by atoms with Crippen molar-refractivity contribution >= 4 is 5.97 Å². The second kappa shape index (κ2) is 22.8. The third kappa shape index (κ3) is 10.5. The standard InChI is InChI=1S/C57H92O24/c1-24-34(60)45(80-47-40(66)35(61)27(59)21-72-47)44(70)50(75-24)78-30-23-74-48(42(68)38(30)64)81-51(71)57-17-15-52(2,3)19-26(57)25-9-10-32-54(6)13-12-33(53(4,5)31(54)11-14-56(32,8)55(25,7)16-18-57)79-46-41(67)37(63)29(22-73-46)77-49-43(69)39(65)36(62)28(20-58)76-49/h9,24,26-50,58-70H,10-23H2,1-8H3/t24-,26-,27-,28-,29-,30-,31+,32-,33-,34-,35+,36-,37+,38+,39+,40-,41-,42-,43-,44-,45+,46+,47+,48+,49+,50+,54+,55+,56+,57+/m0/s1. The van der Waals surface area contributed by atoms with Gasteiger partial charge in [0, 0.05) is 0 Å². The van der Waals surface area contributed by atoms with E-state index in [1.807, 2.05) is 0 Å². The number of esters is 1. The Labute approximate surface area is 472 Å². The Kier molecular flexibility index (Phi) is 17.6. The number of allylic oxidation sites excluding steroid dienone is 2. The zero-order chi connectivity index (χ0) is 58.8. The molecule has 30 atom stereocenters. The quantitative estimate of drug-likeness (QED) is 0.0652. The van der Waals surface area contributed by atoms with Gasteiger partial charge in [-0.2, -0.15) is 0 Å². The molecule has 5 saturated heterocycles. The van der Waals surface area contributed by atoms with Crippen LogP contribution in [0.2, 0.25) is 0 Å². The van der Waals surface area contributed by atoms with Gasteiger partial charge in [-0.25, -0.2) is 0 Å². The molecular weight excluding hydrogens is 1070 g/mol. The van der Waals surface area contributed by atoms with Gasteiger partial charge in [-0.15, -0.1) is 0 Å². The summed E-state index contributed by atoms with van der Waals surface area (Å²) in [5.41, 5.74) is -0.748. The summed E-state index contributed by atoms with van der Waals surface area (Å²) in [5, 5.41) is 139. The van der Waals surface area contributed by atoms with Crippen LogP contribution in [0.4, 0.5) is 0 Å². The molecule has 5 aliphatic carbocycles. The minimum Gasteiger partial charge on any atom is -0.432 e. The fourth-order valence-electron chi connectivity index (χ4n) is 17.1. The summed E-state index contributed by atoms with van der Waals surface area (Å²) in [6.07, 6.45) is -23.5. The van der Waals surface area contributed by atoms with Crippen molar-refractivity contribution in [1.82, 2.24) is 0 Å². The van der Waals surface area contributed by atoms with E-state index in [0.717, 1.165) is 44.9 Å². The molecule has 464 valence electrons. The molecule has 0 bridgehead atoms. The summed E-state index contributed by atoms with van der Waals surface area (Å²) in [5.74, 6) is -0.208. The molecule has 4 saturated carbocycles. The summed E-state index contributed by atoms with van der Waals surface area (Å²) in [6.45, 7) is 16.0. The monoisotopic (exact) mass is 1160 g/mol. The third-order valence-electron chi connectivity index (χ3n) is 22.4. The number of hydrogen-bond donors (Lipinski definition) is 13. The molecule has 10 aliphatic rings. The van der Waals surface area contributed by atoms with Crippen molar-refractivity contribution in [3.8, 4) is 0 Å². The topological polar surface area (TPSA) is 372 Å². The van der Waals surface area contributed by atoms with Crippen LogP contribution in [0.15, 0.2) is 11.6 Å². The number of aliphatic hydroxyl groups is 13. The van der Waals surface area contributed by atoms with Crippen LogP contribution in [0.25, 0.3) is 0 Å². The van der Waals surface area contributed by atoms with Gasteiger partial charge >= 0.3 is 5.97 Å². The van der Waals surface area contributed by atoms with Crippen molar-refractivity contribution in [1.29, 1.82) is 0 Å². The van der Waals surface area contributed by atoms with Crippen molar-refractivity contribution in [2.75, 3.05) is 26.4 Å². The molecule has 0 aromatic rings. The maximum atomic E-state index is 15.1. The van der Waals surface area contributed by atoms with Crippen LogP contribution in [-0.4, -0.2) is 240 Å². The van der Waals surface area contributed by atoms with Gasteiger partial charge in [0.2, 0.25) is 6.29 Å². The Morgan fingerprint density at radius 3 is 1.81 bits per heavy atom. The van der Waals surface area contributed by atoms with Gasteiger partial charge < -0.3 is 114 Å². The van der Waals surface area contributed by atoms with Gasteiger partial charge in [0.25, 0.3) is 0 Å². The van der Waals surface area contributed by atoms with E-state index in [1.165, 1.54) is 12.5 Å². The van der Waals surface area contributed by atoms with Crippen molar-refractivity contribution < 1.29 is 119 Å². The van der Waals surface area contributed by atoms with E-state index >= 15 is 4.79 Å². The third-order valence-corrected chi connectivity index (χ3v) is 22.4. The Balaban J connectivity index is 0.794. The molecule has 0 unspecified atom stereocenters. The highest BCUT2D eigenvalue weighted by molar-refractivity contribution is 5.79. The average Bonchev–Trinajstić information content (AvgIpc) is 1.09. The predicted molar refractivity (Wildman–Crippen MR) is 276 cm³/mol. The molecule has 0 aromatic heterocycles. The first-order chi connectivity index (χ1) is 37.9. The van der Waals surface area contributed by atoms with E-state index in [9.17, 15) is 66.4 Å². The fraction of sp³-hybridized carbons (Fsp3) is 0.947. The van der Waals surface area contributed by atoms with Gasteiger partial charge in [-0.05, 0) is 116 Å². The normalized spacial score (nSPS) is 54.4. The largest absolute Gasteiger partial charge is 0.432 e. The molecule has 5 heterocycles. The summed E-state index contributed by atoms with van der Waals surface area (Å²) in [4.78, 5) is 15.1. The molecular formula is C57H92O24. The lowest BCUT2D eigenvalue weighted by atomic mass is 9.33. The number of hydrogen-bond acceptors (Lipinski definition) is 24. The average molecular weight is 1160 g/mol. The highest BCUT2D eigenvalue weighted by Crippen LogP contribution is 2.76. The number of carbonyl (C=O) groups excluding carboxylic acids is 1. The van der Waals surface area contributed by atoms with Crippen molar-refractivity contribution in [3.05, 3.63) is 11.6 Å². The van der Waals surface area contributed by atoms with Crippen LogP contribution >= 0.6 is 0 Å². The fourth-order valence-corrected chi connectivity index (χ4v) is 17.1. The molecule has 0 spiro atoms. The minimum absolute atomic E-state index is 0.0980. The van der Waals surface area contributed by atoms with E-state index in [2.05, 4.69) is 54.5 Å². The number of fused-ring (bicyclic) bond motifs is 7. The van der Waals surface area contributed by atoms with Crippen LogP contribution in [0.5, 0.6) is 0 Å². The van der Waals surface area contributed by atoms with E-state index in [1.54, 1.807) is 0 Å². The first-order valence-corrected chi connectivity index (χ1v) is 29.4.